The summed E-state index contributed by atoms with van der Waals surface area (Å²) in [6.07, 6.45) is 2.18. The van der Waals surface area contributed by atoms with Crippen molar-refractivity contribution in [2.45, 2.75) is 13.3 Å². The lowest BCUT2D eigenvalue weighted by atomic mass is 9.90. The number of nitrogens with zero attached hydrogens (tertiary/aromatic N) is 3. The summed E-state index contributed by atoms with van der Waals surface area (Å²) in [5.74, 6) is -1.01. The first-order valence-corrected chi connectivity index (χ1v) is 7.89. The second-order valence-corrected chi connectivity index (χ2v) is 6.83. The smallest absolute Gasteiger partial charge is 0.311 e. The van der Waals surface area contributed by atoms with E-state index in [-0.39, 0.29) is 12.5 Å². The molecular weight excluding hydrogens is 302 g/mol. The molecule has 0 radical (unpaired) electrons. The van der Waals surface area contributed by atoms with Gasteiger partial charge in [0.15, 0.2) is 0 Å². The highest BCUT2D eigenvalue weighted by atomic mass is 32.1. The molecule has 0 bridgehead atoms. The SMILES string of the molecule is Cn1cc(C(=O)N2CCC(C)(C(=O)O)C2)c(-c2cccs2)n1. The summed E-state index contributed by atoms with van der Waals surface area (Å²) in [6.45, 7) is 2.38. The predicted molar refractivity (Wildman–Crippen MR) is 82.8 cm³/mol. The number of carboxylic acid groups (broad SMARTS) is 1. The lowest BCUT2D eigenvalue weighted by Gasteiger charge is -2.20. The maximum atomic E-state index is 12.8. The van der Waals surface area contributed by atoms with Gasteiger partial charge in [-0.2, -0.15) is 5.10 Å². The fraction of sp³-hybridized carbons (Fsp3) is 0.400. The lowest BCUT2D eigenvalue weighted by molar-refractivity contribution is -0.147. The Labute approximate surface area is 132 Å². The van der Waals surface area contributed by atoms with Gasteiger partial charge in [-0.3, -0.25) is 14.3 Å². The third-order valence-electron chi connectivity index (χ3n) is 4.09. The number of aromatic nitrogens is 2. The Morgan fingerprint density at radius 3 is 2.82 bits per heavy atom. The van der Waals surface area contributed by atoms with E-state index in [1.165, 1.54) is 11.3 Å². The van der Waals surface area contributed by atoms with E-state index in [9.17, 15) is 14.7 Å². The quantitative estimate of drug-likeness (QED) is 0.940. The van der Waals surface area contributed by atoms with Crippen LogP contribution in [0.5, 0.6) is 0 Å². The van der Waals surface area contributed by atoms with E-state index < -0.39 is 11.4 Å². The molecule has 1 fully saturated rings. The van der Waals surface area contributed by atoms with Crippen LogP contribution < -0.4 is 0 Å². The molecule has 2 aromatic rings. The fourth-order valence-corrected chi connectivity index (χ4v) is 3.44. The molecule has 22 heavy (non-hydrogen) atoms. The van der Waals surface area contributed by atoms with Gasteiger partial charge in [0.1, 0.15) is 5.69 Å². The van der Waals surface area contributed by atoms with Gasteiger partial charge in [-0.25, -0.2) is 0 Å². The largest absolute Gasteiger partial charge is 0.481 e. The molecule has 1 aliphatic rings. The molecule has 1 N–H and O–H groups in total. The summed E-state index contributed by atoms with van der Waals surface area (Å²) in [4.78, 5) is 26.7. The minimum absolute atomic E-state index is 0.151. The molecule has 2 aromatic heterocycles. The maximum Gasteiger partial charge on any atom is 0.311 e. The van der Waals surface area contributed by atoms with E-state index in [0.29, 0.717) is 24.2 Å². The minimum atomic E-state index is -0.860. The molecule has 1 atom stereocenters. The Hall–Kier alpha value is -2.15. The average Bonchev–Trinajstić information content (AvgIpc) is 3.17. The van der Waals surface area contributed by atoms with Crippen molar-refractivity contribution in [3.63, 3.8) is 0 Å². The highest BCUT2D eigenvalue weighted by Crippen LogP contribution is 2.33. The molecule has 7 heteroatoms. The molecule has 1 saturated heterocycles. The van der Waals surface area contributed by atoms with Crippen LogP contribution in [0.2, 0.25) is 0 Å². The number of hydrogen-bond acceptors (Lipinski definition) is 4. The van der Waals surface area contributed by atoms with Gasteiger partial charge < -0.3 is 10.0 Å². The Morgan fingerprint density at radius 2 is 2.23 bits per heavy atom. The van der Waals surface area contributed by atoms with E-state index in [2.05, 4.69) is 5.10 Å². The number of carbonyl (C=O) groups is 2. The van der Waals surface area contributed by atoms with Crippen LogP contribution in [0.25, 0.3) is 10.6 Å². The van der Waals surface area contributed by atoms with Crippen LogP contribution in [0.15, 0.2) is 23.7 Å². The normalized spacial score (nSPS) is 21.3. The molecule has 1 amide bonds. The molecule has 3 rings (SSSR count). The Bertz CT molecular complexity index is 722. The number of aliphatic carboxylic acids is 1. The van der Waals surface area contributed by atoms with Gasteiger partial charge in [-0.05, 0) is 24.8 Å². The summed E-state index contributed by atoms with van der Waals surface area (Å²) >= 11 is 1.53. The van der Waals surface area contributed by atoms with Gasteiger partial charge in [0.2, 0.25) is 0 Å². The van der Waals surface area contributed by atoms with Gasteiger partial charge in [-0.15, -0.1) is 11.3 Å². The van der Waals surface area contributed by atoms with Crippen molar-refractivity contribution in [2.75, 3.05) is 13.1 Å². The van der Waals surface area contributed by atoms with E-state index in [1.807, 2.05) is 17.5 Å². The fourth-order valence-electron chi connectivity index (χ4n) is 2.72. The van der Waals surface area contributed by atoms with Crippen LogP contribution in [-0.4, -0.2) is 44.8 Å². The van der Waals surface area contributed by atoms with Crippen molar-refractivity contribution in [1.82, 2.24) is 14.7 Å². The van der Waals surface area contributed by atoms with Crippen LogP contribution in [0.3, 0.4) is 0 Å². The lowest BCUT2D eigenvalue weighted by Crippen LogP contribution is -2.34. The van der Waals surface area contributed by atoms with Crippen LogP contribution in [0.4, 0.5) is 0 Å². The van der Waals surface area contributed by atoms with Crippen LogP contribution in [0, 0.1) is 5.41 Å². The number of carbonyl (C=O) groups excluding carboxylic acids is 1. The zero-order chi connectivity index (χ0) is 15.9. The summed E-state index contributed by atoms with van der Waals surface area (Å²) in [5.41, 5.74) is 0.326. The number of aryl methyl sites for hydroxylation is 1. The number of thiophene rings is 1. The molecule has 116 valence electrons. The third kappa shape index (κ3) is 2.41. The first-order chi connectivity index (χ1) is 10.4. The van der Waals surface area contributed by atoms with Crippen LogP contribution >= 0.6 is 11.3 Å². The van der Waals surface area contributed by atoms with Crippen molar-refractivity contribution in [3.05, 3.63) is 29.3 Å². The van der Waals surface area contributed by atoms with Gasteiger partial charge in [0.05, 0.1) is 15.9 Å². The maximum absolute atomic E-state index is 12.8. The molecule has 0 saturated carbocycles. The van der Waals surface area contributed by atoms with E-state index in [4.69, 9.17) is 0 Å². The van der Waals surface area contributed by atoms with Crippen molar-refractivity contribution < 1.29 is 14.7 Å². The molecule has 3 heterocycles. The third-order valence-corrected chi connectivity index (χ3v) is 4.97. The van der Waals surface area contributed by atoms with E-state index >= 15 is 0 Å². The second-order valence-electron chi connectivity index (χ2n) is 5.88. The first kappa shape index (κ1) is 14.8. The van der Waals surface area contributed by atoms with Gasteiger partial charge in [0.25, 0.3) is 5.91 Å². The Kier molecular flexibility index (Phi) is 3.52. The minimum Gasteiger partial charge on any atom is -0.481 e. The van der Waals surface area contributed by atoms with E-state index in [1.54, 1.807) is 29.7 Å². The number of hydrogen-bond donors (Lipinski definition) is 1. The summed E-state index contributed by atoms with van der Waals surface area (Å²) in [6, 6.07) is 3.84. The number of likely N-dealkylation sites (tertiary alicyclic amines) is 1. The highest BCUT2D eigenvalue weighted by molar-refractivity contribution is 7.13. The van der Waals surface area contributed by atoms with E-state index in [0.717, 1.165) is 4.88 Å². The highest BCUT2D eigenvalue weighted by Gasteiger charge is 2.42. The van der Waals surface area contributed by atoms with Crippen molar-refractivity contribution in [1.29, 1.82) is 0 Å². The number of amides is 1. The summed E-state index contributed by atoms with van der Waals surface area (Å²) in [7, 11) is 1.78. The zero-order valence-corrected chi connectivity index (χ0v) is 13.3. The topological polar surface area (TPSA) is 75.4 Å². The van der Waals surface area contributed by atoms with Gasteiger partial charge >= 0.3 is 5.97 Å². The summed E-state index contributed by atoms with van der Waals surface area (Å²) < 4.78 is 1.62. The van der Waals surface area contributed by atoms with Crippen LogP contribution in [0.1, 0.15) is 23.7 Å². The molecule has 0 aliphatic carbocycles. The van der Waals surface area contributed by atoms with Crippen molar-refractivity contribution in [2.24, 2.45) is 12.5 Å². The zero-order valence-electron chi connectivity index (χ0n) is 12.4. The van der Waals surface area contributed by atoms with Crippen molar-refractivity contribution in [3.8, 4) is 10.6 Å². The standard InChI is InChI=1S/C15H17N3O3S/c1-15(14(20)21)5-6-18(9-15)13(19)10-8-17(2)16-12(10)11-4-3-7-22-11/h3-4,7-8H,5-6,9H2,1-2H3,(H,20,21). The predicted octanol–water partition coefficient (Wildman–Crippen LogP) is 2.09. The van der Waals surface area contributed by atoms with Crippen molar-refractivity contribution >= 4 is 23.2 Å². The van der Waals surface area contributed by atoms with Crippen LogP contribution in [-0.2, 0) is 11.8 Å². The number of rotatable bonds is 3. The molecular formula is C15H17N3O3S. The monoisotopic (exact) mass is 319 g/mol. The molecule has 6 nitrogen and oxygen atoms in total. The molecule has 1 unspecified atom stereocenters. The van der Waals surface area contributed by atoms with Gasteiger partial charge in [-0.1, -0.05) is 6.07 Å². The van der Waals surface area contributed by atoms with Gasteiger partial charge in [0, 0.05) is 26.3 Å². The average molecular weight is 319 g/mol. The second kappa shape index (κ2) is 5.24. The first-order valence-electron chi connectivity index (χ1n) is 7.01. The summed E-state index contributed by atoms with van der Waals surface area (Å²) in [5, 5.41) is 15.6. The molecule has 1 aliphatic heterocycles. The Balaban J connectivity index is 1.90. The molecule has 0 aromatic carbocycles. The molecule has 0 spiro atoms. The number of carboxylic acids is 1. The Morgan fingerprint density at radius 1 is 1.45 bits per heavy atom.